The summed E-state index contributed by atoms with van der Waals surface area (Å²) < 4.78 is 0. The van der Waals surface area contributed by atoms with Gasteiger partial charge in [0, 0.05) is 11.6 Å². The summed E-state index contributed by atoms with van der Waals surface area (Å²) in [5, 5.41) is 14.3. The molecule has 0 aliphatic heterocycles. The molecule has 1 saturated carbocycles. The minimum Gasteiger partial charge on any atom is -0.481 e. The van der Waals surface area contributed by atoms with E-state index in [9.17, 15) is 14.7 Å². The maximum Gasteiger partial charge on any atom is 0.307 e. The Labute approximate surface area is 108 Å². The number of hydrogen-bond donors (Lipinski definition) is 2. The fourth-order valence-electron chi connectivity index (χ4n) is 2.99. The van der Waals surface area contributed by atoms with Crippen LogP contribution in [-0.4, -0.2) is 22.0 Å². The normalized spacial score (nSPS) is 32.7. The van der Waals surface area contributed by atoms with Crippen LogP contribution in [0.25, 0.3) is 0 Å². The van der Waals surface area contributed by atoms with Crippen LogP contribution in [0.3, 0.4) is 0 Å². The molecule has 2 aliphatic carbocycles. The molecule has 1 aromatic rings. The van der Waals surface area contributed by atoms with Gasteiger partial charge in [-0.2, -0.15) is 0 Å². The van der Waals surface area contributed by atoms with Crippen molar-refractivity contribution in [3.63, 3.8) is 0 Å². The maximum absolute atomic E-state index is 12.2. The molecule has 3 rings (SSSR count). The minimum atomic E-state index is -0.883. The van der Waals surface area contributed by atoms with Crippen molar-refractivity contribution < 1.29 is 14.7 Å². The van der Waals surface area contributed by atoms with Crippen LogP contribution in [0.2, 0.25) is 0 Å². The van der Waals surface area contributed by atoms with Crippen molar-refractivity contribution in [2.75, 3.05) is 5.32 Å². The van der Waals surface area contributed by atoms with Gasteiger partial charge in [0.1, 0.15) is 0 Å². The number of hydrogen-bond acceptors (Lipinski definition) is 4. The molecule has 0 radical (unpaired) electrons. The molecule has 1 heterocycles. The Balaban J connectivity index is 1.80. The minimum absolute atomic E-state index is 0.000421. The predicted octanol–water partition coefficient (Wildman–Crippen LogP) is 1.60. The third-order valence-corrected chi connectivity index (χ3v) is 4.40. The van der Waals surface area contributed by atoms with Gasteiger partial charge in [-0.15, -0.1) is 11.3 Å². The monoisotopic (exact) mass is 264 g/mol. The van der Waals surface area contributed by atoms with Crippen molar-refractivity contribution in [1.82, 2.24) is 4.98 Å². The van der Waals surface area contributed by atoms with Crippen molar-refractivity contribution in [3.05, 3.63) is 23.7 Å². The van der Waals surface area contributed by atoms with Crippen molar-refractivity contribution in [3.8, 4) is 0 Å². The van der Waals surface area contributed by atoms with Crippen LogP contribution >= 0.6 is 11.3 Å². The van der Waals surface area contributed by atoms with Crippen molar-refractivity contribution >= 4 is 28.3 Å². The Morgan fingerprint density at radius 3 is 2.67 bits per heavy atom. The number of thiazole rings is 1. The number of aliphatic carboxylic acids is 1. The third kappa shape index (κ3) is 1.73. The van der Waals surface area contributed by atoms with Gasteiger partial charge >= 0.3 is 5.97 Å². The van der Waals surface area contributed by atoms with Crippen LogP contribution in [0.5, 0.6) is 0 Å². The highest BCUT2D eigenvalue weighted by Crippen LogP contribution is 2.48. The molecule has 4 atom stereocenters. The lowest BCUT2D eigenvalue weighted by molar-refractivity contribution is -0.146. The lowest BCUT2D eigenvalue weighted by Gasteiger charge is -2.23. The first kappa shape index (κ1) is 11.4. The van der Waals surface area contributed by atoms with Crippen LogP contribution < -0.4 is 5.32 Å². The van der Waals surface area contributed by atoms with E-state index in [0.29, 0.717) is 5.13 Å². The first-order chi connectivity index (χ1) is 8.66. The fourth-order valence-corrected chi connectivity index (χ4v) is 3.52. The lowest BCUT2D eigenvalue weighted by Crippen LogP contribution is -2.36. The van der Waals surface area contributed by atoms with Gasteiger partial charge in [0.2, 0.25) is 5.91 Å². The molecule has 2 bridgehead atoms. The Bertz CT molecular complexity index is 511. The Kier molecular flexibility index (Phi) is 2.66. The SMILES string of the molecule is O=C(O)C1C2C=CC(C2)C1C(=O)Nc1nccs1. The summed E-state index contributed by atoms with van der Waals surface area (Å²) in [5.41, 5.74) is 0. The topological polar surface area (TPSA) is 79.3 Å². The van der Waals surface area contributed by atoms with Crippen molar-refractivity contribution in [2.24, 2.45) is 23.7 Å². The summed E-state index contributed by atoms with van der Waals surface area (Å²) in [4.78, 5) is 27.4. The second-order valence-electron chi connectivity index (χ2n) is 4.66. The molecule has 18 heavy (non-hydrogen) atoms. The van der Waals surface area contributed by atoms with Gasteiger partial charge in [-0.1, -0.05) is 12.2 Å². The molecule has 1 aromatic heterocycles. The number of carboxylic acids is 1. The molecule has 0 aromatic carbocycles. The van der Waals surface area contributed by atoms with Gasteiger partial charge in [-0.3, -0.25) is 9.59 Å². The van der Waals surface area contributed by atoms with Crippen LogP contribution in [-0.2, 0) is 9.59 Å². The Hall–Kier alpha value is -1.69. The van der Waals surface area contributed by atoms with E-state index in [1.165, 1.54) is 11.3 Å². The summed E-state index contributed by atoms with van der Waals surface area (Å²) in [5.74, 6) is -2.13. The van der Waals surface area contributed by atoms with Gasteiger partial charge in [0.05, 0.1) is 11.8 Å². The van der Waals surface area contributed by atoms with Gasteiger partial charge in [-0.05, 0) is 18.3 Å². The molecule has 2 N–H and O–H groups in total. The second kappa shape index (κ2) is 4.20. The first-order valence-electron chi connectivity index (χ1n) is 5.78. The van der Waals surface area contributed by atoms with E-state index < -0.39 is 17.8 Å². The van der Waals surface area contributed by atoms with E-state index in [2.05, 4.69) is 10.3 Å². The molecule has 4 unspecified atom stereocenters. The van der Waals surface area contributed by atoms with E-state index in [1.54, 1.807) is 11.6 Å². The van der Waals surface area contributed by atoms with Gasteiger partial charge in [0.15, 0.2) is 5.13 Å². The second-order valence-corrected chi connectivity index (χ2v) is 5.56. The van der Waals surface area contributed by atoms with Gasteiger partial charge < -0.3 is 10.4 Å². The number of amides is 1. The Morgan fingerprint density at radius 1 is 1.33 bits per heavy atom. The maximum atomic E-state index is 12.2. The number of nitrogens with zero attached hydrogens (tertiary/aromatic N) is 1. The quantitative estimate of drug-likeness (QED) is 0.813. The number of rotatable bonds is 3. The Morgan fingerprint density at radius 2 is 2.06 bits per heavy atom. The number of carbonyl (C=O) groups excluding carboxylic acids is 1. The summed E-state index contributed by atoms with van der Waals surface area (Å²) in [7, 11) is 0. The largest absolute Gasteiger partial charge is 0.481 e. The van der Waals surface area contributed by atoms with E-state index in [4.69, 9.17) is 0 Å². The van der Waals surface area contributed by atoms with Crippen LogP contribution in [0.15, 0.2) is 23.7 Å². The molecule has 0 spiro atoms. The third-order valence-electron chi connectivity index (χ3n) is 3.71. The molecule has 0 saturated heterocycles. The number of aromatic nitrogens is 1. The highest BCUT2D eigenvalue weighted by molar-refractivity contribution is 7.13. The smallest absolute Gasteiger partial charge is 0.307 e. The molecular formula is C12H12N2O3S. The lowest BCUT2D eigenvalue weighted by atomic mass is 9.82. The molecule has 5 nitrogen and oxygen atoms in total. The molecule has 94 valence electrons. The molecule has 1 fully saturated rings. The molecule has 2 aliphatic rings. The number of nitrogens with one attached hydrogen (secondary N) is 1. The predicted molar refractivity (Wildman–Crippen MR) is 66.1 cm³/mol. The van der Waals surface area contributed by atoms with Gasteiger partial charge in [-0.25, -0.2) is 4.98 Å². The summed E-state index contributed by atoms with van der Waals surface area (Å²) >= 11 is 1.33. The van der Waals surface area contributed by atoms with Crippen LogP contribution in [0.4, 0.5) is 5.13 Å². The highest BCUT2D eigenvalue weighted by Gasteiger charge is 2.51. The summed E-state index contributed by atoms with van der Waals surface area (Å²) in [6, 6.07) is 0. The number of carboxylic acid groups (broad SMARTS) is 1. The van der Waals surface area contributed by atoms with Crippen LogP contribution in [0, 0.1) is 23.7 Å². The number of carbonyl (C=O) groups is 2. The van der Waals surface area contributed by atoms with Crippen molar-refractivity contribution in [2.45, 2.75) is 6.42 Å². The highest BCUT2D eigenvalue weighted by atomic mass is 32.1. The fraction of sp³-hybridized carbons (Fsp3) is 0.417. The average Bonchev–Trinajstić information content (AvgIpc) is 3.03. The number of allylic oxidation sites excluding steroid dienone is 2. The van der Waals surface area contributed by atoms with E-state index >= 15 is 0 Å². The summed E-state index contributed by atoms with van der Waals surface area (Å²) in [6.45, 7) is 0. The average molecular weight is 264 g/mol. The molecule has 6 heteroatoms. The molecular weight excluding hydrogens is 252 g/mol. The van der Waals surface area contributed by atoms with E-state index in [0.717, 1.165) is 6.42 Å². The zero-order valence-electron chi connectivity index (χ0n) is 9.45. The zero-order valence-corrected chi connectivity index (χ0v) is 10.3. The first-order valence-corrected chi connectivity index (χ1v) is 6.66. The number of anilines is 1. The van der Waals surface area contributed by atoms with E-state index in [1.807, 2.05) is 12.2 Å². The van der Waals surface area contributed by atoms with E-state index in [-0.39, 0.29) is 17.7 Å². The van der Waals surface area contributed by atoms with Crippen LogP contribution in [0.1, 0.15) is 6.42 Å². The number of fused-ring (bicyclic) bond motifs is 2. The van der Waals surface area contributed by atoms with Crippen molar-refractivity contribution in [1.29, 1.82) is 0 Å². The standard InChI is InChI=1S/C12H12N2O3S/c15-10(14-12-13-3-4-18-12)8-6-1-2-7(5-6)9(8)11(16)17/h1-4,6-9H,5H2,(H,16,17)(H,13,14,15). The van der Waals surface area contributed by atoms with Gasteiger partial charge in [0.25, 0.3) is 0 Å². The summed E-state index contributed by atoms with van der Waals surface area (Å²) in [6.07, 6.45) is 6.27. The molecule has 1 amide bonds. The zero-order chi connectivity index (χ0) is 12.7.